The van der Waals surface area contributed by atoms with E-state index in [1.807, 2.05) is 12.1 Å². The molecule has 0 bridgehead atoms. The van der Waals surface area contributed by atoms with Gasteiger partial charge in [-0.3, -0.25) is 0 Å². The molecule has 0 aliphatic rings. The summed E-state index contributed by atoms with van der Waals surface area (Å²) in [6, 6.07) is 25.3. The second-order valence-corrected chi connectivity index (χ2v) is 5.41. The molecule has 0 N–H and O–H groups in total. The van der Waals surface area contributed by atoms with E-state index in [1.54, 1.807) is 0 Å². The molecule has 0 saturated heterocycles. The number of thiol groups is 1. The number of hydrogen-bond acceptors (Lipinski definition) is 1. The number of nitrogens with zero attached hydrogens (tertiary/aromatic N) is 1. The number of fused-ring (bicyclic) bond motifs is 3. The Hall–Kier alpha value is -2.19. The van der Waals surface area contributed by atoms with Crippen LogP contribution in [0, 0.1) is 0 Å². The molecule has 0 amide bonds. The molecule has 4 rings (SSSR count). The van der Waals surface area contributed by atoms with E-state index < -0.39 is 0 Å². The van der Waals surface area contributed by atoms with Crippen LogP contribution in [-0.2, 0) is 0 Å². The minimum absolute atomic E-state index is 0.984. The third-order valence-electron chi connectivity index (χ3n) is 3.67. The first-order valence-corrected chi connectivity index (χ1v) is 7.07. The third-order valence-corrected chi connectivity index (χ3v) is 3.95. The second-order valence-electron chi connectivity index (χ2n) is 4.89. The van der Waals surface area contributed by atoms with Crippen molar-refractivity contribution in [2.75, 3.05) is 0 Å². The normalized spacial score (nSPS) is 11.2. The van der Waals surface area contributed by atoms with Gasteiger partial charge in [-0.25, -0.2) is 0 Å². The maximum Gasteiger partial charge on any atom is 0.0552 e. The van der Waals surface area contributed by atoms with Crippen LogP contribution in [0.3, 0.4) is 0 Å². The highest BCUT2D eigenvalue weighted by atomic mass is 32.1. The second kappa shape index (κ2) is 4.43. The van der Waals surface area contributed by atoms with Gasteiger partial charge in [0, 0.05) is 21.4 Å². The van der Waals surface area contributed by atoms with Crippen molar-refractivity contribution < 1.29 is 0 Å². The van der Waals surface area contributed by atoms with Gasteiger partial charge in [0.25, 0.3) is 0 Å². The van der Waals surface area contributed by atoms with Crippen LogP contribution in [0.1, 0.15) is 0 Å². The maximum atomic E-state index is 4.49. The van der Waals surface area contributed by atoms with Crippen LogP contribution in [0.2, 0.25) is 0 Å². The lowest BCUT2D eigenvalue weighted by Gasteiger charge is -2.07. The van der Waals surface area contributed by atoms with E-state index in [1.165, 1.54) is 27.5 Å². The summed E-state index contributed by atoms with van der Waals surface area (Å²) in [5, 5.41) is 2.54. The Bertz CT molecular complexity index is 907. The van der Waals surface area contributed by atoms with Crippen molar-refractivity contribution >= 4 is 34.4 Å². The third kappa shape index (κ3) is 1.65. The number of para-hydroxylation sites is 2. The molecule has 0 atom stereocenters. The quantitative estimate of drug-likeness (QED) is 0.463. The zero-order valence-corrected chi connectivity index (χ0v) is 11.7. The molecule has 0 fully saturated rings. The summed E-state index contributed by atoms with van der Waals surface area (Å²) in [4.78, 5) is 0.984. The smallest absolute Gasteiger partial charge is 0.0552 e. The average Bonchev–Trinajstić information content (AvgIpc) is 2.81. The largest absolute Gasteiger partial charge is 0.309 e. The molecule has 0 aliphatic carbocycles. The Labute approximate surface area is 122 Å². The fourth-order valence-corrected chi connectivity index (χ4v) is 3.01. The SMILES string of the molecule is Sc1ccc2c3ccccc3n(-c3ccccc3)c2c1. The van der Waals surface area contributed by atoms with Crippen LogP contribution in [0.15, 0.2) is 77.7 Å². The van der Waals surface area contributed by atoms with Crippen molar-refractivity contribution in [1.29, 1.82) is 0 Å². The van der Waals surface area contributed by atoms with Crippen LogP contribution < -0.4 is 0 Å². The molecule has 0 unspecified atom stereocenters. The molecular formula is C18H13NS. The van der Waals surface area contributed by atoms with Gasteiger partial charge in [-0.15, -0.1) is 12.6 Å². The van der Waals surface area contributed by atoms with Crippen LogP contribution >= 0.6 is 12.6 Å². The predicted octanol–water partition coefficient (Wildman–Crippen LogP) is 5.07. The first-order chi connectivity index (χ1) is 9.84. The van der Waals surface area contributed by atoms with E-state index in [9.17, 15) is 0 Å². The standard InChI is InChI=1S/C18H13NS/c20-14-10-11-16-15-8-4-5-9-17(15)19(18(16)12-14)13-6-2-1-3-7-13/h1-12,20H. The van der Waals surface area contributed by atoms with Gasteiger partial charge < -0.3 is 4.57 Å². The molecule has 3 aromatic carbocycles. The fourth-order valence-electron chi connectivity index (χ4n) is 2.81. The van der Waals surface area contributed by atoms with Gasteiger partial charge in [-0.2, -0.15) is 0 Å². The van der Waals surface area contributed by atoms with E-state index in [0.717, 1.165) is 4.90 Å². The number of hydrogen-bond donors (Lipinski definition) is 1. The summed E-state index contributed by atoms with van der Waals surface area (Å²) in [6.07, 6.45) is 0. The highest BCUT2D eigenvalue weighted by Gasteiger charge is 2.11. The van der Waals surface area contributed by atoms with Crippen molar-refractivity contribution in [1.82, 2.24) is 4.57 Å². The molecule has 1 aromatic heterocycles. The zero-order valence-electron chi connectivity index (χ0n) is 10.8. The van der Waals surface area contributed by atoms with Gasteiger partial charge in [0.2, 0.25) is 0 Å². The summed E-state index contributed by atoms with van der Waals surface area (Å²) in [6.45, 7) is 0. The lowest BCUT2D eigenvalue weighted by atomic mass is 10.2. The number of aromatic nitrogens is 1. The molecule has 0 aliphatic heterocycles. The van der Waals surface area contributed by atoms with Crippen molar-refractivity contribution in [3.63, 3.8) is 0 Å². The zero-order chi connectivity index (χ0) is 13.5. The fraction of sp³-hybridized carbons (Fsp3) is 0. The topological polar surface area (TPSA) is 4.93 Å². The van der Waals surface area contributed by atoms with Crippen LogP contribution in [-0.4, -0.2) is 4.57 Å². The molecule has 1 heterocycles. The van der Waals surface area contributed by atoms with Gasteiger partial charge in [-0.05, 0) is 30.3 Å². The summed E-state index contributed by atoms with van der Waals surface area (Å²) in [5.41, 5.74) is 3.61. The summed E-state index contributed by atoms with van der Waals surface area (Å²) < 4.78 is 2.30. The summed E-state index contributed by atoms with van der Waals surface area (Å²) >= 11 is 4.49. The summed E-state index contributed by atoms with van der Waals surface area (Å²) in [5.74, 6) is 0. The highest BCUT2D eigenvalue weighted by molar-refractivity contribution is 7.80. The minimum atomic E-state index is 0.984. The predicted molar refractivity (Wildman–Crippen MR) is 88.0 cm³/mol. The maximum absolute atomic E-state index is 4.49. The molecule has 20 heavy (non-hydrogen) atoms. The first kappa shape index (κ1) is 11.6. The van der Waals surface area contributed by atoms with Gasteiger partial charge >= 0.3 is 0 Å². The molecule has 0 radical (unpaired) electrons. The van der Waals surface area contributed by atoms with Crippen molar-refractivity contribution in [3.05, 3.63) is 72.8 Å². The van der Waals surface area contributed by atoms with Gasteiger partial charge in [0.15, 0.2) is 0 Å². The average molecular weight is 275 g/mol. The lowest BCUT2D eigenvalue weighted by Crippen LogP contribution is -1.92. The molecular weight excluding hydrogens is 262 g/mol. The van der Waals surface area contributed by atoms with Gasteiger partial charge in [0.05, 0.1) is 11.0 Å². The monoisotopic (exact) mass is 275 g/mol. The van der Waals surface area contributed by atoms with Crippen LogP contribution in [0.4, 0.5) is 0 Å². The highest BCUT2D eigenvalue weighted by Crippen LogP contribution is 2.32. The van der Waals surface area contributed by atoms with Crippen LogP contribution in [0.25, 0.3) is 27.5 Å². The molecule has 2 heteroatoms. The first-order valence-electron chi connectivity index (χ1n) is 6.62. The Morgan fingerprint density at radius 1 is 0.650 bits per heavy atom. The Morgan fingerprint density at radius 3 is 2.20 bits per heavy atom. The van der Waals surface area contributed by atoms with Crippen LogP contribution in [0.5, 0.6) is 0 Å². The Balaban J connectivity index is 2.23. The van der Waals surface area contributed by atoms with Crippen molar-refractivity contribution in [2.45, 2.75) is 4.90 Å². The molecule has 1 nitrogen and oxygen atoms in total. The Kier molecular flexibility index (Phi) is 2.57. The van der Waals surface area contributed by atoms with Crippen molar-refractivity contribution in [3.8, 4) is 5.69 Å². The van der Waals surface area contributed by atoms with E-state index in [-0.39, 0.29) is 0 Å². The number of benzene rings is 3. The van der Waals surface area contributed by atoms with Gasteiger partial charge in [0.1, 0.15) is 0 Å². The van der Waals surface area contributed by atoms with Crippen molar-refractivity contribution in [2.24, 2.45) is 0 Å². The number of rotatable bonds is 1. The molecule has 4 aromatic rings. The summed E-state index contributed by atoms with van der Waals surface area (Å²) in [7, 11) is 0. The lowest BCUT2D eigenvalue weighted by molar-refractivity contribution is 1.17. The van der Waals surface area contributed by atoms with Gasteiger partial charge in [-0.1, -0.05) is 42.5 Å². The van der Waals surface area contributed by atoms with E-state index in [2.05, 4.69) is 77.9 Å². The minimum Gasteiger partial charge on any atom is -0.309 e. The Morgan fingerprint density at radius 2 is 1.35 bits per heavy atom. The molecule has 96 valence electrons. The molecule has 0 saturated carbocycles. The van der Waals surface area contributed by atoms with E-state index in [0.29, 0.717) is 0 Å². The van der Waals surface area contributed by atoms with E-state index in [4.69, 9.17) is 0 Å². The van der Waals surface area contributed by atoms with E-state index >= 15 is 0 Å². The molecule has 0 spiro atoms.